The van der Waals surface area contributed by atoms with Gasteiger partial charge in [0.05, 0.1) is 12.6 Å². The average Bonchev–Trinajstić information content (AvgIpc) is 2.56. The fourth-order valence-electron chi connectivity index (χ4n) is 2.31. The molecule has 0 amide bonds. The molecule has 0 bridgehead atoms. The lowest BCUT2D eigenvalue weighted by atomic mass is 10.0. The molecule has 0 unspecified atom stereocenters. The third-order valence-corrected chi connectivity index (χ3v) is 3.33. The standard InChI is InChI=1S/C17H14N2O2/c1-21-16-9-5-3-7-14(16)17(19-20)13-10-12-6-2-4-8-15(12)18-11-13/h2-11,20H,1H3. The van der Waals surface area contributed by atoms with Gasteiger partial charge in [0, 0.05) is 22.7 Å². The molecule has 0 fully saturated rings. The van der Waals surface area contributed by atoms with Crippen LogP contribution < -0.4 is 4.74 Å². The summed E-state index contributed by atoms with van der Waals surface area (Å²) in [6.45, 7) is 0. The molecule has 0 aliphatic carbocycles. The van der Waals surface area contributed by atoms with Gasteiger partial charge in [0.2, 0.25) is 0 Å². The lowest BCUT2D eigenvalue weighted by molar-refractivity contribution is 0.319. The van der Waals surface area contributed by atoms with Crippen LogP contribution in [0.3, 0.4) is 0 Å². The number of aromatic nitrogens is 1. The van der Waals surface area contributed by atoms with Crippen molar-refractivity contribution in [1.29, 1.82) is 0 Å². The highest BCUT2D eigenvalue weighted by Crippen LogP contribution is 2.23. The van der Waals surface area contributed by atoms with Crippen molar-refractivity contribution in [3.8, 4) is 5.75 Å². The fourth-order valence-corrected chi connectivity index (χ4v) is 2.31. The lowest BCUT2D eigenvalue weighted by Crippen LogP contribution is -2.06. The Bertz CT molecular complexity index is 813. The molecule has 4 nitrogen and oxygen atoms in total. The Hall–Kier alpha value is -2.88. The van der Waals surface area contributed by atoms with E-state index in [0.29, 0.717) is 11.5 Å². The highest BCUT2D eigenvalue weighted by atomic mass is 16.5. The van der Waals surface area contributed by atoms with E-state index < -0.39 is 0 Å². The third-order valence-electron chi connectivity index (χ3n) is 3.33. The number of oxime groups is 1. The van der Waals surface area contributed by atoms with E-state index in [4.69, 9.17) is 4.74 Å². The Morgan fingerprint density at radius 1 is 1.10 bits per heavy atom. The topological polar surface area (TPSA) is 54.7 Å². The smallest absolute Gasteiger partial charge is 0.128 e. The summed E-state index contributed by atoms with van der Waals surface area (Å²) in [6.07, 6.45) is 1.70. The Balaban J connectivity index is 2.14. The van der Waals surface area contributed by atoms with Crippen LogP contribution in [0.1, 0.15) is 11.1 Å². The van der Waals surface area contributed by atoms with Crippen LogP contribution in [0, 0.1) is 0 Å². The van der Waals surface area contributed by atoms with Crippen LogP contribution in [0.5, 0.6) is 5.75 Å². The van der Waals surface area contributed by atoms with Gasteiger partial charge in [-0.1, -0.05) is 35.5 Å². The van der Waals surface area contributed by atoms with Crippen LogP contribution in [0.25, 0.3) is 10.9 Å². The van der Waals surface area contributed by atoms with Crippen LogP contribution in [-0.2, 0) is 0 Å². The number of methoxy groups -OCH3 is 1. The van der Waals surface area contributed by atoms with Gasteiger partial charge in [-0.25, -0.2) is 0 Å². The number of para-hydroxylation sites is 2. The SMILES string of the molecule is COc1ccccc1C(=NO)c1cnc2ccccc2c1. The first-order chi connectivity index (χ1) is 10.3. The summed E-state index contributed by atoms with van der Waals surface area (Å²) in [4.78, 5) is 4.40. The van der Waals surface area contributed by atoms with Crippen molar-refractivity contribution in [1.82, 2.24) is 4.98 Å². The summed E-state index contributed by atoms with van der Waals surface area (Å²) >= 11 is 0. The highest BCUT2D eigenvalue weighted by Gasteiger charge is 2.13. The number of fused-ring (bicyclic) bond motifs is 1. The minimum atomic E-state index is 0.436. The van der Waals surface area contributed by atoms with E-state index in [0.717, 1.165) is 22.0 Å². The number of pyridine rings is 1. The van der Waals surface area contributed by atoms with Gasteiger partial charge in [-0.3, -0.25) is 4.98 Å². The monoisotopic (exact) mass is 278 g/mol. The van der Waals surface area contributed by atoms with Crippen LogP contribution in [0.2, 0.25) is 0 Å². The molecule has 0 spiro atoms. The molecule has 4 heteroatoms. The lowest BCUT2D eigenvalue weighted by Gasteiger charge is -2.10. The maximum absolute atomic E-state index is 9.43. The quantitative estimate of drug-likeness (QED) is 0.453. The highest BCUT2D eigenvalue weighted by molar-refractivity contribution is 6.15. The third kappa shape index (κ3) is 2.43. The van der Waals surface area contributed by atoms with Crippen molar-refractivity contribution in [2.24, 2.45) is 5.16 Å². The minimum Gasteiger partial charge on any atom is -0.496 e. The van der Waals surface area contributed by atoms with E-state index in [1.165, 1.54) is 0 Å². The molecule has 2 aromatic carbocycles. The zero-order valence-electron chi connectivity index (χ0n) is 11.5. The number of benzene rings is 2. The van der Waals surface area contributed by atoms with E-state index >= 15 is 0 Å². The summed E-state index contributed by atoms with van der Waals surface area (Å²) in [7, 11) is 1.59. The minimum absolute atomic E-state index is 0.436. The molecule has 3 rings (SSSR count). The average molecular weight is 278 g/mol. The number of rotatable bonds is 3. The van der Waals surface area contributed by atoms with Gasteiger partial charge in [-0.15, -0.1) is 0 Å². The molecule has 1 N–H and O–H groups in total. The second-order valence-electron chi connectivity index (χ2n) is 4.57. The molecule has 1 aromatic heterocycles. The number of hydrogen-bond acceptors (Lipinski definition) is 4. The van der Waals surface area contributed by atoms with Crippen molar-refractivity contribution >= 4 is 16.6 Å². The first kappa shape index (κ1) is 13.1. The maximum Gasteiger partial charge on any atom is 0.128 e. The van der Waals surface area contributed by atoms with Gasteiger partial charge in [0.25, 0.3) is 0 Å². The van der Waals surface area contributed by atoms with Crippen molar-refractivity contribution < 1.29 is 9.94 Å². The number of ether oxygens (including phenoxy) is 1. The van der Waals surface area contributed by atoms with Crippen molar-refractivity contribution in [2.75, 3.05) is 7.11 Å². The van der Waals surface area contributed by atoms with Crippen LogP contribution in [0.4, 0.5) is 0 Å². The largest absolute Gasteiger partial charge is 0.496 e. The van der Waals surface area contributed by atoms with Crippen LogP contribution in [-0.4, -0.2) is 23.0 Å². The van der Waals surface area contributed by atoms with E-state index in [-0.39, 0.29) is 0 Å². The molecule has 0 aliphatic rings. The first-order valence-electron chi connectivity index (χ1n) is 6.54. The molecule has 0 saturated heterocycles. The van der Waals surface area contributed by atoms with Crippen LogP contribution in [0.15, 0.2) is 65.9 Å². The predicted molar refractivity (Wildman–Crippen MR) is 82.2 cm³/mol. The van der Waals surface area contributed by atoms with Crippen LogP contribution >= 0.6 is 0 Å². The Morgan fingerprint density at radius 3 is 2.67 bits per heavy atom. The second kappa shape index (κ2) is 5.63. The molecule has 21 heavy (non-hydrogen) atoms. The van der Waals surface area contributed by atoms with Crippen molar-refractivity contribution in [3.05, 3.63) is 71.9 Å². The molecular formula is C17H14N2O2. The Morgan fingerprint density at radius 2 is 1.86 bits per heavy atom. The van der Waals surface area contributed by atoms with Gasteiger partial charge in [0.1, 0.15) is 11.5 Å². The summed E-state index contributed by atoms with van der Waals surface area (Å²) in [5, 5.41) is 13.9. The first-order valence-corrected chi connectivity index (χ1v) is 6.54. The second-order valence-corrected chi connectivity index (χ2v) is 4.57. The number of nitrogens with zero attached hydrogens (tertiary/aromatic N) is 2. The van der Waals surface area contributed by atoms with E-state index in [9.17, 15) is 5.21 Å². The molecule has 3 aromatic rings. The summed E-state index contributed by atoms with van der Waals surface area (Å²) in [5.74, 6) is 0.651. The molecule has 104 valence electrons. The molecule has 1 heterocycles. The van der Waals surface area contributed by atoms with Crippen molar-refractivity contribution in [2.45, 2.75) is 0 Å². The molecule has 0 radical (unpaired) electrons. The predicted octanol–water partition coefficient (Wildman–Crippen LogP) is 3.47. The van der Waals surface area contributed by atoms with Gasteiger partial charge >= 0.3 is 0 Å². The van der Waals surface area contributed by atoms with E-state index in [1.54, 1.807) is 13.3 Å². The maximum atomic E-state index is 9.43. The van der Waals surface area contributed by atoms with Gasteiger partial charge < -0.3 is 9.94 Å². The van der Waals surface area contributed by atoms with Gasteiger partial charge in [-0.2, -0.15) is 0 Å². The summed E-state index contributed by atoms with van der Waals surface area (Å²) in [5.41, 5.74) is 2.80. The summed E-state index contributed by atoms with van der Waals surface area (Å²) < 4.78 is 5.32. The molecular weight excluding hydrogens is 264 g/mol. The summed E-state index contributed by atoms with van der Waals surface area (Å²) in [6, 6.07) is 17.2. The van der Waals surface area contributed by atoms with Gasteiger partial charge in [-0.05, 0) is 24.3 Å². The van der Waals surface area contributed by atoms with Gasteiger partial charge in [0.15, 0.2) is 0 Å². The normalized spacial score (nSPS) is 11.6. The molecule has 0 saturated carbocycles. The zero-order valence-corrected chi connectivity index (χ0v) is 11.5. The zero-order chi connectivity index (χ0) is 14.7. The Kier molecular flexibility index (Phi) is 3.51. The van der Waals surface area contributed by atoms with E-state index in [1.807, 2.05) is 54.6 Å². The van der Waals surface area contributed by atoms with E-state index in [2.05, 4.69) is 10.1 Å². The molecule has 0 atom stereocenters. The van der Waals surface area contributed by atoms with Crippen molar-refractivity contribution in [3.63, 3.8) is 0 Å². The number of hydrogen-bond donors (Lipinski definition) is 1. The fraction of sp³-hybridized carbons (Fsp3) is 0.0588. The Labute approximate surface area is 122 Å². The molecule has 0 aliphatic heterocycles.